The van der Waals surface area contributed by atoms with Crippen molar-refractivity contribution in [1.29, 1.82) is 0 Å². The standard InChI is InChI=1S/C17H18N4O2S/c1-11-16(12(2)21(3)20-11)17(22)19-14-6-4-5-7-15(14)23-8-13-9-24-10-18-13/h4-7,9-10H,8H2,1-3H3,(H,19,22). The quantitative estimate of drug-likeness (QED) is 0.772. The molecule has 0 aliphatic rings. The molecular formula is C17H18N4O2S. The summed E-state index contributed by atoms with van der Waals surface area (Å²) in [6, 6.07) is 7.36. The molecule has 3 rings (SSSR count). The molecule has 3 aromatic rings. The zero-order valence-corrected chi connectivity index (χ0v) is 14.6. The Morgan fingerprint density at radius 3 is 2.79 bits per heavy atom. The highest BCUT2D eigenvalue weighted by atomic mass is 32.1. The molecule has 2 heterocycles. The summed E-state index contributed by atoms with van der Waals surface area (Å²) in [6.07, 6.45) is 0. The number of aryl methyl sites for hydroxylation is 2. The number of aromatic nitrogens is 3. The number of thiazole rings is 1. The van der Waals surface area contributed by atoms with E-state index in [9.17, 15) is 4.79 Å². The van der Waals surface area contributed by atoms with Crippen molar-refractivity contribution in [2.75, 3.05) is 5.32 Å². The third-order valence-electron chi connectivity index (χ3n) is 3.73. The van der Waals surface area contributed by atoms with Gasteiger partial charge in [-0.2, -0.15) is 5.10 Å². The number of carbonyl (C=O) groups excluding carboxylic acids is 1. The number of carbonyl (C=O) groups is 1. The number of rotatable bonds is 5. The van der Waals surface area contributed by atoms with Crippen LogP contribution in [-0.4, -0.2) is 20.7 Å². The average molecular weight is 342 g/mol. The maximum atomic E-state index is 12.6. The topological polar surface area (TPSA) is 69.0 Å². The van der Waals surface area contributed by atoms with Gasteiger partial charge in [-0.05, 0) is 26.0 Å². The lowest BCUT2D eigenvalue weighted by molar-refractivity contribution is 0.102. The van der Waals surface area contributed by atoms with Crippen LogP contribution in [0, 0.1) is 13.8 Å². The Bertz CT molecular complexity index is 856. The number of benzene rings is 1. The van der Waals surface area contributed by atoms with E-state index in [2.05, 4.69) is 15.4 Å². The van der Waals surface area contributed by atoms with Gasteiger partial charge in [0.25, 0.3) is 5.91 Å². The Hall–Kier alpha value is -2.67. The highest BCUT2D eigenvalue weighted by Crippen LogP contribution is 2.26. The predicted octanol–water partition coefficient (Wildman–Crippen LogP) is 3.32. The van der Waals surface area contributed by atoms with E-state index in [1.807, 2.05) is 50.5 Å². The van der Waals surface area contributed by atoms with Crippen molar-refractivity contribution < 1.29 is 9.53 Å². The summed E-state index contributed by atoms with van der Waals surface area (Å²) in [5.74, 6) is 0.417. The van der Waals surface area contributed by atoms with Crippen LogP contribution in [0.15, 0.2) is 35.2 Å². The molecule has 1 N–H and O–H groups in total. The van der Waals surface area contributed by atoms with Crippen molar-refractivity contribution in [1.82, 2.24) is 14.8 Å². The van der Waals surface area contributed by atoms with Crippen LogP contribution in [0.5, 0.6) is 5.75 Å². The van der Waals surface area contributed by atoms with Crippen LogP contribution in [-0.2, 0) is 13.7 Å². The smallest absolute Gasteiger partial charge is 0.259 e. The van der Waals surface area contributed by atoms with Gasteiger partial charge in [-0.25, -0.2) is 4.98 Å². The second kappa shape index (κ2) is 6.84. The van der Waals surface area contributed by atoms with E-state index in [-0.39, 0.29) is 5.91 Å². The van der Waals surface area contributed by atoms with E-state index in [0.717, 1.165) is 11.4 Å². The van der Waals surface area contributed by atoms with E-state index in [4.69, 9.17) is 4.74 Å². The Morgan fingerprint density at radius 2 is 2.12 bits per heavy atom. The summed E-state index contributed by atoms with van der Waals surface area (Å²) in [5, 5.41) is 9.13. The van der Waals surface area contributed by atoms with Crippen molar-refractivity contribution >= 4 is 22.9 Å². The summed E-state index contributed by atoms with van der Waals surface area (Å²) in [7, 11) is 1.82. The lowest BCUT2D eigenvalue weighted by Crippen LogP contribution is -2.15. The van der Waals surface area contributed by atoms with Gasteiger partial charge >= 0.3 is 0 Å². The molecule has 0 unspecified atom stereocenters. The van der Waals surface area contributed by atoms with E-state index in [0.29, 0.717) is 29.3 Å². The highest BCUT2D eigenvalue weighted by Gasteiger charge is 2.18. The maximum absolute atomic E-state index is 12.6. The zero-order valence-electron chi connectivity index (χ0n) is 13.7. The van der Waals surface area contributed by atoms with Crippen LogP contribution in [0.3, 0.4) is 0 Å². The predicted molar refractivity (Wildman–Crippen MR) is 93.5 cm³/mol. The SMILES string of the molecule is Cc1nn(C)c(C)c1C(=O)Nc1ccccc1OCc1cscn1. The van der Waals surface area contributed by atoms with E-state index in [1.165, 1.54) is 11.3 Å². The van der Waals surface area contributed by atoms with Crippen LogP contribution in [0.4, 0.5) is 5.69 Å². The summed E-state index contributed by atoms with van der Waals surface area (Å²) in [5.41, 5.74) is 5.37. The van der Waals surface area contributed by atoms with Crippen LogP contribution in [0.25, 0.3) is 0 Å². The summed E-state index contributed by atoms with van der Waals surface area (Å²) >= 11 is 1.52. The molecule has 0 radical (unpaired) electrons. The molecule has 0 bridgehead atoms. The lowest BCUT2D eigenvalue weighted by atomic mass is 10.1. The van der Waals surface area contributed by atoms with Gasteiger partial charge < -0.3 is 10.1 Å². The van der Waals surface area contributed by atoms with Crippen molar-refractivity contribution in [3.63, 3.8) is 0 Å². The lowest BCUT2D eigenvalue weighted by Gasteiger charge is -2.12. The van der Waals surface area contributed by atoms with Crippen molar-refractivity contribution in [2.45, 2.75) is 20.5 Å². The number of hydrogen-bond donors (Lipinski definition) is 1. The Balaban J connectivity index is 1.78. The first-order valence-electron chi connectivity index (χ1n) is 7.46. The molecule has 0 saturated carbocycles. The first kappa shape index (κ1) is 16.2. The van der Waals surface area contributed by atoms with Gasteiger partial charge in [0.2, 0.25) is 0 Å². The highest BCUT2D eigenvalue weighted by molar-refractivity contribution is 7.07. The second-order valence-electron chi connectivity index (χ2n) is 5.39. The number of para-hydroxylation sites is 2. The van der Waals surface area contributed by atoms with Gasteiger partial charge in [-0.15, -0.1) is 11.3 Å². The number of ether oxygens (including phenoxy) is 1. The number of amides is 1. The minimum atomic E-state index is -0.192. The van der Waals surface area contributed by atoms with E-state index in [1.54, 1.807) is 10.2 Å². The van der Waals surface area contributed by atoms with Gasteiger partial charge in [0.15, 0.2) is 0 Å². The minimum Gasteiger partial charge on any atom is -0.485 e. The number of nitrogens with one attached hydrogen (secondary N) is 1. The van der Waals surface area contributed by atoms with Crippen LogP contribution in [0.2, 0.25) is 0 Å². The average Bonchev–Trinajstić information content (AvgIpc) is 3.15. The monoisotopic (exact) mass is 342 g/mol. The third kappa shape index (κ3) is 3.30. The van der Waals surface area contributed by atoms with Crippen molar-refractivity contribution in [3.05, 3.63) is 57.8 Å². The molecule has 2 aromatic heterocycles. The molecule has 1 amide bonds. The molecule has 7 heteroatoms. The molecule has 0 aliphatic heterocycles. The van der Waals surface area contributed by atoms with Gasteiger partial charge in [-0.3, -0.25) is 9.48 Å². The molecule has 0 saturated heterocycles. The molecule has 124 valence electrons. The molecule has 1 aromatic carbocycles. The van der Waals surface area contributed by atoms with Gasteiger partial charge in [0.05, 0.1) is 28.1 Å². The Morgan fingerprint density at radius 1 is 1.33 bits per heavy atom. The normalized spacial score (nSPS) is 10.6. The molecule has 6 nitrogen and oxygen atoms in total. The van der Waals surface area contributed by atoms with Crippen molar-refractivity contribution in [3.8, 4) is 5.75 Å². The first-order chi connectivity index (χ1) is 11.6. The van der Waals surface area contributed by atoms with Crippen LogP contribution in [0.1, 0.15) is 27.4 Å². The van der Waals surface area contributed by atoms with E-state index >= 15 is 0 Å². The van der Waals surface area contributed by atoms with Gasteiger partial charge in [0, 0.05) is 18.1 Å². The first-order valence-corrected chi connectivity index (χ1v) is 8.41. The fraction of sp³-hybridized carbons (Fsp3) is 0.235. The second-order valence-corrected chi connectivity index (χ2v) is 6.11. The summed E-state index contributed by atoms with van der Waals surface area (Å²) in [4.78, 5) is 16.8. The molecule has 0 aliphatic carbocycles. The fourth-order valence-corrected chi connectivity index (χ4v) is 2.99. The maximum Gasteiger partial charge on any atom is 0.259 e. The zero-order chi connectivity index (χ0) is 17.1. The van der Waals surface area contributed by atoms with Gasteiger partial charge in [-0.1, -0.05) is 12.1 Å². The number of hydrogen-bond acceptors (Lipinski definition) is 5. The van der Waals surface area contributed by atoms with Gasteiger partial charge in [0.1, 0.15) is 12.4 Å². The molecule has 0 spiro atoms. The number of anilines is 1. The Labute approximate surface area is 144 Å². The Kier molecular flexibility index (Phi) is 4.61. The number of nitrogens with zero attached hydrogens (tertiary/aromatic N) is 3. The third-order valence-corrected chi connectivity index (χ3v) is 4.37. The molecular weight excluding hydrogens is 324 g/mol. The summed E-state index contributed by atoms with van der Waals surface area (Å²) < 4.78 is 7.50. The summed E-state index contributed by atoms with van der Waals surface area (Å²) in [6.45, 7) is 4.06. The fourth-order valence-electron chi connectivity index (χ4n) is 2.44. The molecule has 24 heavy (non-hydrogen) atoms. The molecule has 0 atom stereocenters. The van der Waals surface area contributed by atoms with E-state index < -0.39 is 0 Å². The minimum absolute atomic E-state index is 0.192. The van der Waals surface area contributed by atoms with Crippen molar-refractivity contribution in [2.24, 2.45) is 7.05 Å². The molecule has 0 fully saturated rings. The van der Waals surface area contributed by atoms with Crippen LogP contribution < -0.4 is 10.1 Å². The largest absolute Gasteiger partial charge is 0.485 e. The van der Waals surface area contributed by atoms with Crippen LogP contribution >= 0.6 is 11.3 Å².